The van der Waals surface area contributed by atoms with Gasteiger partial charge in [0.05, 0.1) is 19.1 Å². The molecule has 1 unspecified atom stereocenters. The average Bonchev–Trinajstić information content (AvgIpc) is 3.15. The van der Waals surface area contributed by atoms with Crippen molar-refractivity contribution >= 4 is 35.9 Å². The second-order valence-corrected chi connectivity index (χ2v) is 6.87. The maximum absolute atomic E-state index is 11.5. The van der Waals surface area contributed by atoms with Crippen LogP contribution < -0.4 is 15.4 Å². The topological polar surface area (TPSA) is 72.0 Å². The van der Waals surface area contributed by atoms with E-state index in [0.29, 0.717) is 25.2 Å². The summed E-state index contributed by atoms with van der Waals surface area (Å²) in [5.74, 6) is 1.12. The molecule has 0 spiro atoms. The van der Waals surface area contributed by atoms with E-state index in [9.17, 15) is 4.79 Å². The first kappa shape index (κ1) is 23.5. The first-order chi connectivity index (χ1) is 12.5. The number of nitrogens with one attached hydrogen (secondary N) is 2. The number of guanidine groups is 1. The van der Waals surface area contributed by atoms with Gasteiger partial charge in [-0.15, -0.1) is 24.0 Å². The summed E-state index contributed by atoms with van der Waals surface area (Å²) in [7, 11) is 3.11. The molecule has 1 aliphatic rings. The molecule has 1 aliphatic carbocycles. The van der Waals surface area contributed by atoms with Gasteiger partial charge in [0.25, 0.3) is 0 Å². The van der Waals surface area contributed by atoms with Crippen molar-refractivity contribution in [2.45, 2.75) is 52.2 Å². The van der Waals surface area contributed by atoms with E-state index in [2.05, 4.69) is 40.7 Å². The van der Waals surface area contributed by atoms with E-state index in [0.717, 1.165) is 24.2 Å². The molecule has 0 radical (unpaired) electrons. The zero-order chi connectivity index (χ0) is 18.9. The average molecular weight is 489 g/mol. The molecule has 27 heavy (non-hydrogen) atoms. The Kier molecular flexibility index (Phi) is 10.5. The third kappa shape index (κ3) is 7.56. The number of aliphatic imine (C=N–C) groups is 1. The van der Waals surface area contributed by atoms with Gasteiger partial charge in [-0.25, -0.2) is 0 Å². The lowest BCUT2D eigenvalue weighted by molar-refractivity contribution is -0.144. The summed E-state index contributed by atoms with van der Waals surface area (Å²) in [4.78, 5) is 15.7. The maximum atomic E-state index is 11.5. The fraction of sp³-hybridized carbons (Fsp3) is 0.600. The van der Waals surface area contributed by atoms with Crippen LogP contribution in [0.2, 0.25) is 0 Å². The van der Waals surface area contributed by atoms with Gasteiger partial charge >= 0.3 is 5.97 Å². The molecule has 0 amide bonds. The van der Waals surface area contributed by atoms with Crippen LogP contribution in [-0.4, -0.2) is 38.7 Å². The van der Waals surface area contributed by atoms with Gasteiger partial charge in [0.1, 0.15) is 5.75 Å². The number of nitrogens with zero attached hydrogens (tertiary/aromatic N) is 1. The van der Waals surface area contributed by atoms with Crippen LogP contribution in [0.5, 0.6) is 5.75 Å². The first-order valence-electron chi connectivity index (χ1n) is 9.32. The SMILES string of the molecule is CN=C(NCc1ccc(C)cc1OC1CCCC1)NCC(C)C(=O)OC.I. The fourth-order valence-corrected chi connectivity index (χ4v) is 3.04. The van der Waals surface area contributed by atoms with Crippen molar-refractivity contribution in [1.82, 2.24) is 10.6 Å². The third-order valence-corrected chi connectivity index (χ3v) is 4.67. The summed E-state index contributed by atoms with van der Waals surface area (Å²) in [5.41, 5.74) is 2.29. The molecule has 1 aromatic carbocycles. The van der Waals surface area contributed by atoms with Gasteiger partial charge in [-0.05, 0) is 44.2 Å². The van der Waals surface area contributed by atoms with Crippen molar-refractivity contribution in [2.75, 3.05) is 20.7 Å². The van der Waals surface area contributed by atoms with Gasteiger partial charge in [0, 0.05) is 25.7 Å². The molecular weight excluding hydrogens is 457 g/mol. The van der Waals surface area contributed by atoms with Crippen molar-refractivity contribution < 1.29 is 14.3 Å². The van der Waals surface area contributed by atoms with Crippen LogP contribution in [0.1, 0.15) is 43.7 Å². The molecule has 1 saturated carbocycles. The summed E-state index contributed by atoms with van der Waals surface area (Å²) < 4.78 is 11.0. The van der Waals surface area contributed by atoms with Crippen LogP contribution >= 0.6 is 24.0 Å². The zero-order valence-corrected chi connectivity index (χ0v) is 19.0. The summed E-state index contributed by atoms with van der Waals surface area (Å²) in [6.07, 6.45) is 5.09. The lowest BCUT2D eigenvalue weighted by atomic mass is 10.1. The van der Waals surface area contributed by atoms with E-state index in [1.54, 1.807) is 7.05 Å². The van der Waals surface area contributed by atoms with Crippen molar-refractivity contribution in [2.24, 2.45) is 10.9 Å². The minimum atomic E-state index is -0.237. The van der Waals surface area contributed by atoms with Gasteiger partial charge in [-0.2, -0.15) is 0 Å². The number of hydrogen-bond donors (Lipinski definition) is 2. The number of carbonyl (C=O) groups excluding carboxylic acids is 1. The molecule has 0 saturated heterocycles. The normalized spacial score (nSPS) is 15.6. The molecular formula is C20H32IN3O3. The monoisotopic (exact) mass is 489 g/mol. The molecule has 0 heterocycles. The van der Waals surface area contributed by atoms with E-state index < -0.39 is 0 Å². The van der Waals surface area contributed by atoms with Crippen LogP contribution in [-0.2, 0) is 16.1 Å². The largest absolute Gasteiger partial charge is 0.490 e. The molecule has 1 fully saturated rings. The molecule has 1 aromatic rings. The number of hydrogen-bond acceptors (Lipinski definition) is 4. The summed E-state index contributed by atoms with van der Waals surface area (Å²) >= 11 is 0. The van der Waals surface area contributed by atoms with Crippen LogP contribution in [0.15, 0.2) is 23.2 Å². The molecule has 0 aromatic heterocycles. The third-order valence-electron chi connectivity index (χ3n) is 4.67. The number of aryl methyl sites for hydroxylation is 1. The van der Waals surface area contributed by atoms with E-state index in [4.69, 9.17) is 9.47 Å². The smallest absolute Gasteiger partial charge is 0.310 e. The molecule has 0 aliphatic heterocycles. The van der Waals surface area contributed by atoms with E-state index >= 15 is 0 Å². The summed E-state index contributed by atoms with van der Waals surface area (Å²) in [6.45, 7) is 4.97. The Balaban J connectivity index is 0.00000364. The minimum Gasteiger partial charge on any atom is -0.490 e. The van der Waals surface area contributed by atoms with Gasteiger partial charge in [-0.1, -0.05) is 19.1 Å². The van der Waals surface area contributed by atoms with Gasteiger partial charge in [0.2, 0.25) is 0 Å². The Bertz CT molecular complexity index is 631. The number of rotatable bonds is 7. The number of halogens is 1. The van der Waals surface area contributed by atoms with Crippen molar-refractivity contribution in [3.8, 4) is 5.75 Å². The summed E-state index contributed by atoms with van der Waals surface area (Å²) in [6, 6.07) is 6.29. The second-order valence-electron chi connectivity index (χ2n) is 6.87. The molecule has 1 atom stereocenters. The maximum Gasteiger partial charge on any atom is 0.310 e. The predicted molar refractivity (Wildman–Crippen MR) is 119 cm³/mol. The number of methoxy groups -OCH3 is 1. The second kappa shape index (κ2) is 12.0. The Morgan fingerprint density at radius 2 is 2.00 bits per heavy atom. The van der Waals surface area contributed by atoms with Gasteiger partial charge in [0.15, 0.2) is 5.96 Å². The molecule has 152 valence electrons. The highest BCUT2D eigenvalue weighted by Gasteiger charge is 2.18. The molecule has 0 bridgehead atoms. The molecule has 7 heteroatoms. The van der Waals surface area contributed by atoms with E-state index in [1.807, 2.05) is 6.92 Å². The predicted octanol–water partition coefficient (Wildman–Crippen LogP) is 3.41. The van der Waals surface area contributed by atoms with Crippen LogP contribution in [0.3, 0.4) is 0 Å². The van der Waals surface area contributed by atoms with Crippen LogP contribution in [0, 0.1) is 12.8 Å². The fourth-order valence-electron chi connectivity index (χ4n) is 3.04. The van der Waals surface area contributed by atoms with Crippen molar-refractivity contribution in [1.29, 1.82) is 0 Å². The molecule has 2 rings (SSSR count). The minimum absolute atomic E-state index is 0. The van der Waals surface area contributed by atoms with Crippen molar-refractivity contribution in [3.05, 3.63) is 29.3 Å². The van der Waals surface area contributed by atoms with Crippen LogP contribution in [0.4, 0.5) is 0 Å². The lowest BCUT2D eigenvalue weighted by Crippen LogP contribution is -2.40. The quantitative estimate of drug-likeness (QED) is 0.266. The van der Waals surface area contributed by atoms with Gasteiger partial charge < -0.3 is 20.1 Å². The highest BCUT2D eigenvalue weighted by Crippen LogP contribution is 2.27. The van der Waals surface area contributed by atoms with Crippen molar-refractivity contribution in [3.63, 3.8) is 0 Å². The number of esters is 1. The zero-order valence-electron chi connectivity index (χ0n) is 16.7. The van der Waals surface area contributed by atoms with E-state index in [-0.39, 0.29) is 35.9 Å². The van der Waals surface area contributed by atoms with E-state index in [1.165, 1.54) is 25.5 Å². The number of benzene rings is 1. The van der Waals surface area contributed by atoms with Crippen LogP contribution in [0.25, 0.3) is 0 Å². The Morgan fingerprint density at radius 3 is 2.63 bits per heavy atom. The molecule has 6 nitrogen and oxygen atoms in total. The Morgan fingerprint density at radius 1 is 1.30 bits per heavy atom. The first-order valence-corrected chi connectivity index (χ1v) is 9.32. The highest BCUT2D eigenvalue weighted by atomic mass is 127. The Hall–Kier alpha value is -1.51. The highest BCUT2D eigenvalue weighted by molar-refractivity contribution is 14.0. The number of carbonyl (C=O) groups is 1. The number of ether oxygens (including phenoxy) is 2. The molecule has 2 N–H and O–H groups in total. The lowest BCUT2D eigenvalue weighted by Gasteiger charge is -2.19. The standard InChI is InChI=1S/C20H31N3O3.HI/c1-14-9-10-16(18(11-14)26-17-7-5-6-8-17)13-23-20(21-3)22-12-15(2)19(24)25-4;/h9-11,15,17H,5-8,12-13H2,1-4H3,(H2,21,22,23);1H. The Labute approximate surface area is 179 Å². The summed E-state index contributed by atoms with van der Waals surface area (Å²) in [5, 5.41) is 6.45. The van der Waals surface area contributed by atoms with Gasteiger partial charge in [-0.3, -0.25) is 9.79 Å².